The van der Waals surface area contributed by atoms with Crippen LogP contribution in [0.15, 0.2) is 97.1 Å². The Balaban J connectivity index is 0.000000179. The second-order valence-electron chi connectivity index (χ2n) is 9.08. The summed E-state index contributed by atoms with van der Waals surface area (Å²) in [7, 11) is 0. The number of fused-ring (bicyclic) bond motifs is 1. The average Bonchev–Trinajstić information content (AvgIpc) is 3.51. The van der Waals surface area contributed by atoms with E-state index in [0.29, 0.717) is 23.8 Å². The summed E-state index contributed by atoms with van der Waals surface area (Å²) in [6.45, 7) is 0. The molecule has 184 valence electrons. The molecule has 2 N–H and O–H groups in total. The van der Waals surface area contributed by atoms with Gasteiger partial charge in [-0.2, -0.15) is 0 Å². The molecule has 1 heterocycles. The molecule has 5 heteroatoms. The van der Waals surface area contributed by atoms with E-state index in [1.165, 1.54) is 15.0 Å². The fourth-order valence-electron chi connectivity index (χ4n) is 4.73. The van der Waals surface area contributed by atoms with E-state index in [0.717, 1.165) is 36.8 Å². The number of carbonyl (C=O) groups is 2. The number of aromatic carboxylic acids is 1. The highest BCUT2D eigenvalue weighted by molar-refractivity contribution is 7.19. The first-order valence-electron chi connectivity index (χ1n) is 12.2. The van der Waals surface area contributed by atoms with Gasteiger partial charge in [0.25, 0.3) is 0 Å². The molecule has 5 rings (SSSR count). The minimum atomic E-state index is -0.894. The zero-order chi connectivity index (χ0) is 25.3. The van der Waals surface area contributed by atoms with Gasteiger partial charge in [0.15, 0.2) is 0 Å². The van der Waals surface area contributed by atoms with Crippen LogP contribution in [0.5, 0.6) is 0 Å². The third-order valence-electron chi connectivity index (χ3n) is 6.57. The maximum Gasteiger partial charge on any atom is 0.335 e. The molecule has 0 amide bonds. The number of rotatable bonds is 7. The molecule has 36 heavy (non-hydrogen) atoms. The van der Waals surface area contributed by atoms with Crippen molar-refractivity contribution in [3.63, 3.8) is 0 Å². The van der Waals surface area contributed by atoms with Crippen LogP contribution in [0.3, 0.4) is 0 Å². The number of hydrogen-bond donors (Lipinski definition) is 2. The third-order valence-corrected chi connectivity index (χ3v) is 7.71. The SMILES string of the molecule is O=C(O)C[C@H]1CCCC1/C=C/Cc1cc2ccccc2s1.O=C(O)c1ccc(-c2ccccc2)cc1. The molecule has 2 atom stereocenters. The van der Waals surface area contributed by atoms with E-state index in [4.69, 9.17) is 10.2 Å². The predicted molar refractivity (Wildman–Crippen MR) is 147 cm³/mol. The molecule has 1 aliphatic carbocycles. The van der Waals surface area contributed by atoms with Gasteiger partial charge in [0, 0.05) is 16.0 Å². The summed E-state index contributed by atoms with van der Waals surface area (Å²) in [6, 6.07) is 27.4. The summed E-state index contributed by atoms with van der Waals surface area (Å²) in [5.41, 5.74) is 2.43. The highest BCUT2D eigenvalue weighted by Crippen LogP contribution is 2.35. The number of aliphatic carboxylic acids is 1. The molecule has 1 fully saturated rings. The van der Waals surface area contributed by atoms with Crippen molar-refractivity contribution in [2.45, 2.75) is 32.1 Å². The van der Waals surface area contributed by atoms with Gasteiger partial charge >= 0.3 is 11.9 Å². The Morgan fingerprint density at radius 2 is 1.56 bits per heavy atom. The fourth-order valence-corrected chi connectivity index (χ4v) is 5.77. The van der Waals surface area contributed by atoms with E-state index in [1.807, 2.05) is 53.8 Å². The number of hydrogen-bond acceptors (Lipinski definition) is 3. The second-order valence-corrected chi connectivity index (χ2v) is 10.3. The zero-order valence-electron chi connectivity index (χ0n) is 20.0. The molecule has 1 saturated carbocycles. The molecule has 4 nitrogen and oxygen atoms in total. The zero-order valence-corrected chi connectivity index (χ0v) is 20.9. The molecule has 4 aromatic rings. The number of carboxylic acids is 2. The normalized spacial score (nSPS) is 17.1. The van der Waals surface area contributed by atoms with Gasteiger partial charge in [-0.3, -0.25) is 4.79 Å². The molecule has 1 unspecified atom stereocenters. The molecule has 0 aliphatic heterocycles. The molecule has 0 bridgehead atoms. The fraction of sp³-hybridized carbons (Fsp3) is 0.226. The number of thiophene rings is 1. The van der Waals surface area contributed by atoms with Crippen LogP contribution in [0.2, 0.25) is 0 Å². The summed E-state index contributed by atoms with van der Waals surface area (Å²) < 4.78 is 1.34. The Hall–Kier alpha value is -3.70. The number of carboxylic acid groups (broad SMARTS) is 2. The van der Waals surface area contributed by atoms with E-state index in [9.17, 15) is 9.59 Å². The van der Waals surface area contributed by atoms with Crippen molar-refractivity contribution in [1.82, 2.24) is 0 Å². The topological polar surface area (TPSA) is 74.6 Å². The van der Waals surface area contributed by atoms with E-state index < -0.39 is 11.9 Å². The lowest BCUT2D eigenvalue weighted by Crippen LogP contribution is -2.10. The predicted octanol–water partition coefficient (Wildman–Crippen LogP) is 7.94. The minimum absolute atomic E-state index is 0.315. The van der Waals surface area contributed by atoms with Crippen LogP contribution < -0.4 is 0 Å². The quantitative estimate of drug-likeness (QED) is 0.254. The Morgan fingerprint density at radius 1 is 0.861 bits per heavy atom. The van der Waals surface area contributed by atoms with Gasteiger partial charge in [-0.05, 0) is 71.9 Å². The monoisotopic (exact) mass is 498 g/mol. The highest BCUT2D eigenvalue weighted by Gasteiger charge is 2.26. The van der Waals surface area contributed by atoms with Gasteiger partial charge in [-0.25, -0.2) is 4.79 Å². The lowest BCUT2D eigenvalue weighted by Gasteiger charge is -2.13. The maximum absolute atomic E-state index is 10.9. The van der Waals surface area contributed by atoms with Crippen LogP contribution in [0.4, 0.5) is 0 Å². The van der Waals surface area contributed by atoms with Gasteiger partial charge in [-0.1, -0.05) is 79.2 Å². The second kappa shape index (κ2) is 12.3. The summed E-state index contributed by atoms with van der Waals surface area (Å²) in [5.74, 6) is -0.768. The van der Waals surface area contributed by atoms with E-state index in [1.54, 1.807) is 12.1 Å². The van der Waals surface area contributed by atoms with Gasteiger partial charge in [0.1, 0.15) is 0 Å². The number of allylic oxidation sites excluding steroid dienone is 2. The lowest BCUT2D eigenvalue weighted by molar-refractivity contribution is -0.138. The number of benzene rings is 3. The van der Waals surface area contributed by atoms with Crippen molar-refractivity contribution in [3.05, 3.63) is 108 Å². The van der Waals surface area contributed by atoms with Crippen LogP contribution >= 0.6 is 11.3 Å². The van der Waals surface area contributed by atoms with Crippen molar-refractivity contribution >= 4 is 33.4 Å². The van der Waals surface area contributed by atoms with Crippen molar-refractivity contribution in [1.29, 1.82) is 0 Å². The highest BCUT2D eigenvalue weighted by atomic mass is 32.1. The average molecular weight is 499 g/mol. The van der Waals surface area contributed by atoms with Crippen molar-refractivity contribution in [3.8, 4) is 11.1 Å². The molecular weight excluding hydrogens is 468 g/mol. The summed E-state index contributed by atoms with van der Waals surface area (Å²) >= 11 is 1.85. The standard InChI is InChI=1S/C18H20O2S.C13H10O2/c19-18(20)12-14-8-3-6-13(14)7-4-9-16-11-15-5-1-2-10-17(15)21-16;14-13(15)12-8-6-11(7-9-12)10-4-2-1-3-5-10/h1-2,4-5,7,10-11,13-14H,3,6,8-9,12H2,(H,19,20);1-9H,(H,14,15)/b7-4+;/t13?,14-;/m1./s1. The van der Waals surface area contributed by atoms with E-state index in [-0.39, 0.29) is 0 Å². The molecule has 0 radical (unpaired) electrons. The molecule has 1 aliphatic rings. The van der Waals surface area contributed by atoms with Crippen molar-refractivity contribution in [2.24, 2.45) is 11.8 Å². The van der Waals surface area contributed by atoms with Crippen LogP contribution in [-0.4, -0.2) is 22.2 Å². The van der Waals surface area contributed by atoms with E-state index in [2.05, 4.69) is 42.5 Å². The third kappa shape index (κ3) is 6.92. The molecule has 0 saturated heterocycles. The minimum Gasteiger partial charge on any atom is -0.481 e. The maximum atomic E-state index is 10.9. The largest absolute Gasteiger partial charge is 0.481 e. The van der Waals surface area contributed by atoms with Crippen molar-refractivity contribution < 1.29 is 19.8 Å². The Morgan fingerprint density at radius 3 is 2.25 bits per heavy atom. The summed E-state index contributed by atoms with van der Waals surface area (Å²) in [5, 5.41) is 19.0. The van der Waals surface area contributed by atoms with E-state index >= 15 is 0 Å². The van der Waals surface area contributed by atoms with Crippen molar-refractivity contribution in [2.75, 3.05) is 0 Å². The van der Waals surface area contributed by atoms with Gasteiger partial charge in [0.2, 0.25) is 0 Å². The molecule has 0 spiro atoms. The molecule has 3 aromatic carbocycles. The molecular formula is C31H30O4S. The Labute approximate surface area is 215 Å². The smallest absolute Gasteiger partial charge is 0.335 e. The summed E-state index contributed by atoms with van der Waals surface area (Å²) in [4.78, 5) is 22.9. The van der Waals surface area contributed by atoms with Gasteiger partial charge in [0.05, 0.1) is 5.56 Å². The van der Waals surface area contributed by atoms with Crippen LogP contribution in [0.25, 0.3) is 21.2 Å². The first-order valence-corrected chi connectivity index (χ1v) is 13.1. The van der Waals surface area contributed by atoms with Crippen LogP contribution in [0.1, 0.15) is 40.9 Å². The van der Waals surface area contributed by atoms with Gasteiger partial charge < -0.3 is 10.2 Å². The Bertz CT molecular complexity index is 1290. The van der Waals surface area contributed by atoms with Gasteiger partial charge in [-0.15, -0.1) is 11.3 Å². The van der Waals surface area contributed by atoms with Crippen LogP contribution in [-0.2, 0) is 11.2 Å². The first-order chi connectivity index (χ1) is 17.5. The summed E-state index contributed by atoms with van der Waals surface area (Å²) in [6.07, 6.45) is 9.12. The lowest BCUT2D eigenvalue weighted by atomic mass is 9.92. The molecule has 1 aromatic heterocycles. The van der Waals surface area contributed by atoms with Crippen LogP contribution in [0, 0.1) is 11.8 Å². The first kappa shape index (κ1) is 25.4. The Kier molecular flexibility index (Phi) is 8.69.